The van der Waals surface area contributed by atoms with Crippen molar-refractivity contribution in [2.24, 2.45) is 11.7 Å². The molecule has 2 N–H and O–H groups in total. The molecule has 2 heteroatoms. The van der Waals surface area contributed by atoms with Crippen molar-refractivity contribution in [2.45, 2.75) is 13.8 Å². The molecule has 0 radical (unpaired) electrons. The number of nitrogens with two attached hydrogens (primary N) is 1. The molecule has 0 aliphatic carbocycles. The van der Waals surface area contributed by atoms with Gasteiger partial charge < -0.3 is 5.73 Å². The topological polar surface area (TPSA) is 26.0 Å². The Labute approximate surface area is 51.0 Å². The highest BCUT2D eigenvalue weighted by molar-refractivity contribution is 5.85. The van der Waals surface area contributed by atoms with Crippen LogP contribution in [0.5, 0.6) is 0 Å². The Bertz CT molecular complexity index is 50.0. The first-order valence-corrected chi connectivity index (χ1v) is 2.15. The lowest BCUT2D eigenvalue weighted by Gasteiger charge is -1.86. The summed E-state index contributed by atoms with van der Waals surface area (Å²) < 4.78 is 0. The third kappa shape index (κ3) is 10.7. The summed E-state index contributed by atoms with van der Waals surface area (Å²) in [5.74, 6) is 0.593. The van der Waals surface area contributed by atoms with Crippen LogP contribution in [-0.4, -0.2) is 0 Å². The van der Waals surface area contributed by atoms with E-state index < -0.39 is 0 Å². The Kier molecular flexibility index (Phi) is 8.29. The second-order valence-corrected chi connectivity index (χ2v) is 1.63. The number of hydrogen-bond acceptors (Lipinski definition) is 1. The Hall–Kier alpha value is -0.170. The van der Waals surface area contributed by atoms with E-state index in [1.54, 1.807) is 6.20 Å². The molecule has 0 aliphatic heterocycles. The van der Waals surface area contributed by atoms with E-state index in [1.807, 2.05) is 6.08 Å². The monoisotopic (exact) mass is 121 g/mol. The third-order valence-corrected chi connectivity index (χ3v) is 0.496. The average Bonchev–Trinajstić information content (AvgIpc) is 1.35. The highest BCUT2D eigenvalue weighted by Crippen LogP contribution is 1.88. The molecule has 44 valence electrons. The van der Waals surface area contributed by atoms with E-state index in [0.717, 1.165) is 0 Å². The first kappa shape index (κ1) is 9.95. The average molecular weight is 122 g/mol. The van der Waals surface area contributed by atoms with Gasteiger partial charge in [-0.2, -0.15) is 0 Å². The predicted molar refractivity (Wildman–Crippen MR) is 35.4 cm³/mol. The van der Waals surface area contributed by atoms with Crippen LogP contribution >= 0.6 is 12.4 Å². The molecule has 0 heterocycles. The molecule has 0 unspecified atom stereocenters. The molecule has 0 atom stereocenters. The molecule has 0 aliphatic rings. The van der Waals surface area contributed by atoms with Gasteiger partial charge in [-0.05, 0) is 12.1 Å². The third-order valence-electron chi connectivity index (χ3n) is 0.496. The first-order valence-electron chi connectivity index (χ1n) is 2.15. The van der Waals surface area contributed by atoms with Gasteiger partial charge in [0.1, 0.15) is 0 Å². The van der Waals surface area contributed by atoms with Crippen LogP contribution in [0.3, 0.4) is 0 Å². The summed E-state index contributed by atoms with van der Waals surface area (Å²) >= 11 is 0. The molecule has 0 fully saturated rings. The standard InChI is InChI=1S/C5H11N.ClH/c1-5(2)3-4-6;/h3-5H,6H2,1-2H3;1H. The normalized spacial score (nSPS) is 9.57. The second-order valence-electron chi connectivity index (χ2n) is 1.63. The lowest BCUT2D eigenvalue weighted by Crippen LogP contribution is -1.81. The maximum absolute atomic E-state index is 5.05. The molecule has 0 spiro atoms. The van der Waals surface area contributed by atoms with E-state index in [0.29, 0.717) is 5.92 Å². The molecule has 0 aromatic heterocycles. The van der Waals surface area contributed by atoms with Gasteiger partial charge in [-0.3, -0.25) is 0 Å². The van der Waals surface area contributed by atoms with Crippen LogP contribution in [0.2, 0.25) is 0 Å². The minimum atomic E-state index is 0. The summed E-state index contributed by atoms with van der Waals surface area (Å²) in [6.07, 6.45) is 3.52. The van der Waals surface area contributed by atoms with Crippen LogP contribution in [0.25, 0.3) is 0 Å². The van der Waals surface area contributed by atoms with Gasteiger partial charge in [0.05, 0.1) is 0 Å². The maximum atomic E-state index is 5.05. The van der Waals surface area contributed by atoms with Gasteiger partial charge in [0.2, 0.25) is 0 Å². The highest BCUT2D eigenvalue weighted by Gasteiger charge is 1.76. The van der Waals surface area contributed by atoms with E-state index in [1.165, 1.54) is 0 Å². The number of rotatable bonds is 1. The minimum Gasteiger partial charge on any atom is -0.405 e. The summed E-state index contributed by atoms with van der Waals surface area (Å²) in [4.78, 5) is 0. The summed E-state index contributed by atoms with van der Waals surface area (Å²) in [6, 6.07) is 0. The number of hydrogen-bond donors (Lipinski definition) is 1. The van der Waals surface area contributed by atoms with E-state index in [2.05, 4.69) is 13.8 Å². The lowest BCUT2D eigenvalue weighted by atomic mass is 10.2. The Morgan fingerprint density at radius 2 is 1.86 bits per heavy atom. The quantitative estimate of drug-likeness (QED) is 0.560. The fraction of sp³-hybridized carbons (Fsp3) is 0.600. The van der Waals surface area contributed by atoms with Gasteiger partial charge in [-0.1, -0.05) is 19.9 Å². The second kappa shape index (κ2) is 5.83. The van der Waals surface area contributed by atoms with Crippen LogP contribution in [0.15, 0.2) is 12.3 Å². The van der Waals surface area contributed by atoms with Crippen molar-refractivity contribution in [1.82, 2.24) is 0 Å². The predicted octanol–water partition coefficient (Wildman–Crippen LogP) is 1.54. The Morgan fingerprint density at radius 1 is 1.43 bits per heavy atom. The smallest absolute Gasteiger partial charge is 0.0100 e. The van der Waals surface area contributed by atoms with Crippen molar-refractivity contribution in [3.05, 3.63) is 12.3 Å². The van der Waals surface area contributed by atoms with Crippen LogP contribution < -0.4 is 5.73 Å². The summed E-state index contributed by atoms with van der Waals surface area (Å²) in [5, 5.41) is 0. The molecule has 7 heavy (non-hydrogen) atoms. The van der Waals surface area contributed by atoms with Crippen molar-refractivity contribution < 1.29 is 0 Å². The zero-order valence-corrected chi connectivity index (χ0v) is 5.53. The van der Waals surface area contributed by atoms with E-state index >= 15 is 0 Å². The fourth-order valence-corrected chi connectivity index (χ4v) is 0.222. The lowest BCUT2D eigenvalue weighted by molar-refractivity contribution is 0.829. The molecule has 0 aromatic rings. The molecule has 0 aromatic carbocycles. The molecule has 0 bridgehead atoms. The Morgan fingerprint density at radius 3 is 1.86 bits per heavy atom. The largest absolute Gasteiger partial charge is 0.405 e. The van der Waals surface area contributed by atoms with Gasteiger partial charge in [-0.25, -0.2) is 0 Å². The summed E-state index contributed by atoms with van der Waals surface area (Å²) in [7, 11) is 0. The van der Waals surface area contributed by atoms with Crippen molar-refractivity contribution in [2.75, 3.05) is 0 Å². The van der Waals surface area contributed by atoms with Crippen LogP contribution in [-0.2, 0) is 0 Å². The molecule has 0 rings (SSSR count). The van der Waals surface area contributed by atoms with Gasteiger partial charge in [-0.15, -0.1) is 12.4 Å². The van der Waals surface area contributed by atoms with Crippen molar-refractivity contribution in [1.29, 1.82) is 0 Å². The van der Waals surface area contributed by atoms with Gasteiger partial charge in [0, 0.05) is 0 Å². The molecular weight excluding hydrogens is 110 g/mol. The minimum absolute atomic E-state index is 0. The summed E-state index contributed by atoms with van der Waals surface area (Å²) in [6.45, 7) is 4.17. The van der Waals surface area contributed by atoms with Crippen molar-refractivity contribution >= 4 is 12.4 Å². The summed E-state index contributed by atoms with van der Waals surface area (Å²) in [5.41, 5.74) is 5.05. The van der Waals surface area contributed by atoms with E-state index in [-0.39, 0.29) is 12.4 Å². The zero-order chi connectivity index (χ0) is 4.99. The molecule has 1 nitrogen and oxygen atoms in total. The zero-order valence-electron chi connectivity index (χ0n) is 4.72. The van der Waals surface area contributed by atoms with E-state index in [9.17, 15) is 0 Å². The fourth-order valence-electron chi connectivity index (χ4n) is 0.222. The van der Waals surface area contributed by atoms with Crippen molar-refractivity contribution in [3.8, 4) is 0 Å². The first-order chi connectivity index (χ1) is 2.77. The van der Waals surface area contributed by atoms with Crippen LogP contribution in [0, 0.1) is 5.92 Å². The highest BCUT2D eigenvalue weighted by atomic mass is 35.5. The molecular formula is C5H12ClN. The van der Waals surface area contributed by atoms with Crippen LogP contribution in [0.1, 0.15) is 13.8 Å². The molecule has 0 saturated carbocycles. The number of allylic oxidation sites excluding steroid dienone is 1. The Balaban J connectivity index is 0. The van der Waals surface area contributed by atoms with Gasteiger partial charge >= 0.3 is 0 Å². The SMILES string of the molecule is CC(C)C=CN.Cl. The van der Waals surface area contributed by atoms with Crippen molar-refractivity contribution in [3.63, 3.8) is 0 Å². The van der Waals surface area contributed by atoms with Gasteiger partial charge in [0.15, 0.2) is 0 Å². The molecule has 0 amide bonds. The number of halogens is 1. The van der Waals surface area contributed by atoms with Crippen LogP contribution in [0.4, 0.5) is 0 Å². The van der Waals surface area contributed by atoms with E-state index in [4.69, 9.17) is 5.73 Å². The molecule has 0 saturated heterocycles. The maximum Gasteiger partial charge on any atom is -0.0100 e. The van der Waals surface area contributed by atoms with Gasteiger partial charge in [0.25, 0.3) is 0 Å².